The maximum absolute atomic E-state index is 7.00. The predicted octanol–water partition coefficient (Wildman–Crippen LogP) is 6.65. The highest BCUT2D eigenvalue weighted by atomic mass is 32.2. The summed E-state index contributed by atoms with van der Waals surface area (Å²) in [6, 6.07) is 0.398. The second-order valence-electron chi connectivity index (χ2n) is 10.9. The Morgan fingerprint density at radius 1 is 1.04 bits per heavy atom. The first-order valence-electron chi connectivity index (χ1n) is 11.8. The van der Waals surface area contributed by atoms with Gasteiger partial charge in [-0.3, -0.25) is 0 Å². The molecule has 7 atom stereocenters. The summed E-state index contributed by atoms with van der Waals surface area (Å²) >= 11 is 4.31. The van der Waals surface area contributed by atoms with E-state index in [1.807, 2.05) is 0 Å². The van der Waals surface area contributed by atoms with Crippen LogP contribution in [0.5, 0.6) is 0 Å². The Labute approximate surface area is 181 Å². The van der Waals surface area contributed by atoms with Gasteiger partial charge in [-0.15, -0.1) is 23.5 Å². The van der Waals surface area contributed by atoms with Crippen molar-refractivity contribution in [2.75, 3.05) is 11.5 Å². The topological polar surface area (TPSA) is 26.0 Å². The zero-order valence-corrected chi connectivity index (χ0v) is 19.6. The van der Waals surface area contributed by atoms with Crippen molar-refractivity contribution >= 4 is 23.5 Å². The predicted molar refractivity (Wildman–Crippen MR) is 126 cm³/mol. The fourth-order valence-electron chi connectivity index (χ4n) is 8.24. The van der Waals surface area contributed by atoms with E-state index in [-0.39, 0.29) is 0 Å². The van der Waals surface area contributed by atoms with Gasteiger partial charge in [-0.2, -0.15) is 0 Å². The average Bonchev–Trinajstić information content (AvgIpc) is 3.06. The number of nitrogens with two attached hydrogens (primary N) is 1. The molecule has 1 aliphatic heterocycles. The third-order valence-corrected chi connectivity index (χ3v) is 12.9. The van der Waals surface area contributed by atoms with Crippen molar-refractivity contribution in [3.63, 3.8) is 0 Å². The van der Waals surface area contributed by atoms with Gasteiger partial charge < -0.3 is 5.73 Å². The number of thioether (sulfide) groups is 2. The Kier molecular flexibility index (Phi) is 5.29. The van der Waals surface area contributed by atoms with E-state index in [1.165, 1.54) is 74.9 Å². The molecule has 0 aromatic rings. The van der Waals surface area contributed by atoms with Crippen LogP contribution < -0.4 is 5.73 Å². The van der Waals surface area contributed by atoms with Gasteiger partial charge in [0.25, 0.3) is 0 Å². The van der Waals surface area contributed by atoms with Crippen molar-refractivity contribution in [3.05, 3.63) is 23.8 Å². The maximum atomic E-state index is 7.00. The van der Waals surface area contributed by atoms with Crippen LogP contribution in [-0.2, 0) is 0 Å². The van der Waals surface area contributed by atoms with E-state index in [2.05, 4.69) is 50.0 Å². The largest absolute Gasteiger partial charge is 0.326 e. The minimum Gasteiger partial charge on any atom is -0.326 e. The van der Waals surface area contributed by atoms with Crippen molar-refractivity contribution in [3.8, 4) is 0 Å². The zero-order valence-electron chi connectivity index (χ0n) is 17.9. The summed E-state index contributed by atoms with van der Waals surface area (Å²) in [5.41, 5.74) is 11.1. The molecular formula is C25H39NS2. The fourth-order valence-corrected chi connectivity index (χ4v) is 11.3. The Morgan fingerprint density at radius 2 is 1.82 bits per heavy atom. The lowest BCUT2D eigenvalue weighted by molar-refractivity contribution is -0.0525. The standard InChI is InChI=1S/C25H39NS2/c1-16-9-11-24(2)17(15-16)5-6-18-19-7-8-21(25(19,3)12-10-20(18)24)22(26)23-27-13-4-14-28-23/h15,18-23H,1,4-14,26H2,2-3H3. The second kappa shape index (κ2) is 7.38. The molecule has 2 N–H and O–H groups in total. The molecule has 1 nitrogen and oxygen atoms in total. The van der Waals surface area contributed by atoms with Gasteiger partial charge in [0.05, 0.1) is 4.58 Å². The van der Waals surface area contributed by atoms with Gasteiger partial charge in [0.15, 0.2) is 0 Å². The molecule has 3 saturated carbocycles. The fraction of sp³-hybridized carbons (Fsp3) is 0.840. The van der Waals surface area contributed by atoms with Crippen LogP contribution in [0.3, 0.4) is 0 Å². The van der Waals surface area contributed by atoms with E-state index in [0.717, 1.165) is 23.7 Å². The highest BCUT2D eigenvalue weighted by Gasteiger charge is 2.60. The van der Waals surface area contributed by atoms with E-state index in [4.69, 9.17) is 5.73 Å². The van der Waals surface area contributed by atoms with Gasteiger partial charge in [-0.05, 0) is 104 Å². The molecule has 156 valence electrons. The molecule has 0 aromatic carbocycles. The van der Waals surface area contributed by atoms with Crippen molar-refractivity contribution in [1.29, 1.82) is 0 Å². The number of hydrogen-bond donors (Lipinski definition) is 1. The molecule has 0 spiro atoms. The number of allylic oxidation sites excluding steroid dienone is 3. The Bertz CT molecular complexity index is 665. The van der Waals surface area contributed by atoms with Gasteiger partial charge in [0.1, 0.15) is 0 Å². The lowest BCUT2D eigenvalue weighted by Crippen LogP contribution is -2.53. The molecule has 4 aliphatic carbocycles. The van der Waals surface area contributed by atoms with Crippen molar-refractivity contribution < 1.29 is 0 Å². The summed E-state index contributed by atoms with van der Waals surface area (Å²) in [5, 5.41) is 0. The molecule has 3 heteroatoms. The smallest absolute Gasteiger partial charge is 0.0656 e. The van der Waals surface area contributed by atoms with Crippen LogP contribution in [0.15, 0.2) is 23.8 Å². The van der Waals surface area contributed by atoms with Gasteiger partial charge in [-0.1, -0.05) is 37.6 Å². The van der Waals surface area contributed by atoms with E-state index in [9.17, 15) is 0 Å². The van der Waals surface area contributed by atoms with Crippen LogP contribution >= 0.6 is 23.5 Å². The molecule has 1 saturated heterocycles. The van der Waals surface area contributed by atoms with Gasteiger partial charge in [0, 0.05) is 6.04 Å². The molecule has 0 amide bonds. The lowest BCUT2D eigenvalue weighted by atomic mass is 9.46. The highest BCUT2D eigenvalue weighted by Crippen LogP contribution is 2.67. The average molecular weight is 418 g/mol. The van der Waals surface area contributed by atoms with Crippen molar-refractivity contribution in [2.24, 2.45) is 40.2 Å². The minimum absolute atomic E-state index is 0.398. The van der Waals surface area contributed by atoms with E-state index in [1.54, 1.807) is 5.57 Å². The molecule has 4 fully saturated rings. The normalized spacial score (nSPS) is 47.7. The molecular weight excluding hydrogens is 378 g/mol. The molecule has 0 aromatic heterocycles. The Balaban J connectivity index is 1.38. The van der Waals surface area contributed by atoms with Crippen LogP contribution in [-0.4, -0.2) is 22.1 Å². The summed E-state index contributed by atoms with van der Waals surface area (Å²) in [6.45, 7) is 9.55. The summed E-state index contributed by atoms with van der Waals surface area (Å²) in [5.74, 6) is 6.16. The monoisotopic (exact) mass is 417 g/mol. The van der Waals surface area contributed by atoms with Crippen LogP contribution in [0.1, 0.15) is 71.6 Å². The molecule has 5 rings (SSSR count). The van der Waals surface area contributed by atoms with Crippen LogP contribution in [0.2, 0.25) is 0 Å². The summed E-state index contributed by atoms with van der Waals surface area (Å²) < 4.78 is 0.648. The SMILES string of the molecule is C=C1C=C2CCC3C(CCC4(C)C(C(N)C5SCCCS5)CCC34)C2(C)CC1. The molecule has 0 radical (unpaired) electrons. The molecule has 1 heterocycles. The highest BCUT2D eigenvalue weighted by molar-refractivity contribution is 8.17. The summed E-state index contributed by atoms with van der Waals surface area (Å²) in [7, 11) is 0. The van der Waals surface area contributed by atoms with Gasteiger partial charge in [0.2, 0.25) is 0 Å². The lowest BCUT2D eigenvalue weighted by Gasteiger charge is -2.59. The van der Waals surface area contributed by atoms with E-state index in [0.29, 0.717) is 21.5 Å². The molecule has 28 heavy (non-hydrogen) atoms. The van der Waals surface area contributed by atoms with E-state index < -0.39 is 0 Å². The number of rotatable bonds is 2. The number of hydrogen-bond acceptors (Lipinski definition) is 3. The third kappa shape index (κ3) is 3.01. The van der Waals surface area contributed by atoms with Gasteiger partial charge in [-0.25, -0.2) is 0 Å². The number of fused-ring (bicyclic) bond motifs is 5. The first kappa shape index (κ1) is 20.1. The maximum Gasteiger partial charge on any atom is 0.0656 e. The molecule has 5 aliphatic rings. The van der Waals surface area contributed by atoms with Crippen LogP contribution in [0.4, 0.5) is 0 Å². The van der Waals surface area contributed by atoms with Crippen LogP contribution in [0, 0.1) is 34.5 Å². The second-order valence-corrected chi connectivity index (χ2v) is 13.7. The minimum atomic E-state index is 0.398. The van der Waals surface area contributed by atoms with Crippen molar-refractivity contribution in [1.82, 2.24) is 0 Å². The van der Waals surface area contributed by atoms with E-state index >= 15 is 0 Å². The Morgan fingerprint density at radius 3 is 2.61 bits per heavy atom. The summed E-state index contributed by atoms with van der Waals surface area (Å²) in [6.07, 6.45) is 14.9. The molecule has 0 bridgehead atoms. The first-order chi connectivity index (χ1) is 13.4. The van der Waals surface area contributed by atoms with Crippen molar-refractivity contribution in [2.45, 2.75) is 82.3 Å². The summed E-state index contributed by atoms with van der Waals surface area (Å²) in [4.78, 5) is 0. The molecule has 7 unspecified atom stereocenters. The Hall–Kier alpha value is 0.140. The van der Waals surface area contributed by atoms with Crippen LogP contribution in [0.25, 0.3) is 0 Å². The first-order valence-corrected chi connectivity index (χ1v) is 13.9. The zero-order chi connectivity index (χ0) is 19.5. The third-order valence-electron chi connectivity index (χ3n) is 9.79. The van der Waals surface area contributed by atoms with Gasteiger partial charge >= 0.3 is 0 Å². The quantitative estimate of drug-likeness (QED) is 0.545.